The number of halogens is 1. The monoisotopic (exact) mass is 334 g/mol. The number of anilines is 1. The summed E-state index contributed by atoms with van der Waals surface area (Å²) in [6, 6.07) is 0. The number of aryl methyl sites for hydroxylation is 1. The Kier molecular flexibility index (Phi) is 5.37. The van der Waals surface area contributed by atoms with Gasteiger partial charge in [0.2, 0.25) is 5.95 Å². The van der Waals surface area contributed by atoms with E-state index in [9.17, 15) is 4.39 Å². The van der Waals surface area contributed by atoms with Crippen molar-refractivity contribution in [3.63, 3.8) is 0 Å². The van der Waals surface area contributed by atoms with E-state index in [1.54, 1.807) is 0 Å². The molecule has 7 nitrogen and oxygen atoms in total. The second-order valence-electron chi connectivity index (χ2n) is 6.16. The number of fused-ring (bicyclic) bond motifs is 1. The van der Waals surface area contributed by atoms with E-state index in [4.69, 9.17) is 4.74 Å². The van der Waals surface area contributed by atoms with Gasteiger partial charge in [-0.25, -0.2) is 19.3 Å². The van der Waals surface area contributed by atoms with Gasteiger partial charge in [0.05, 0.1) is 49.9 Å². The maximum absolute atomic E-state index is 13.0. The Morgan fingerprint density at radius 3 is 2.75 bits per heavy atom. The van der Waals surface area contributed by atoms with Gasteiger partial charge in [-0.3, -0.25) is 0 Å². The van der Waals surface area contributed by atoms with Crippen LogP contribution in [0.5, 0.6) is 0 Å². The largest absolute Gasteiger partial charge is 0.374 e. The molecule has 0 radical (unpaired) electrons. The highest BCUT2D eigenvalue weighted by atomic mass is 19.1. The third-order valence-electron chi connectivity index (χ3n) is 4.01. The van der Waals surface area contributed by atoms with E-state index in [1.165, 1.54) is 12.4 Å². The first-order valence-electron chi connectivity index (χ1n) is 8.11. The van der Waals surface area contributed by atoms with Gasteiger partial charge in [0.25, 0.3) is 0 Å². The number of imidazole rings is 1. The summed E-state index contributed by atoms with van der Waals surface area (Å²) in [6.07, 6.45) is 5.24. The Hall–Kier alpha value is -2.06. The lowest BCUT2D eigenvalue weighted by atomic mass is 10.3. The lowest BCUT2D eigenvalue weighted by molar-refractivity contribution is 0.103. The van der Waals surface area contributed by atoms with Crippen molar-refractivity contribution >= 4 is 5.95 Å². The maximum atomic E-state index is 13.0. The fourth-order valence-electron chi connectivity index (χ4n) is 2.69. The lowest BCUT2D eigenvalue weighted by Crippen LogP contribution is -2.25. The van der Waals surface area contributed by atoms with Crippen LogP contribution in [0.15, 0.2) is 18.7 Å². The highest BCUT2D eigenvalue weighted by Crippen LogP contribution is 2.20. The van der Waals surface area contributed by atoms with E-state index in [0.29, 0.717) is 25.7 Å². The summed E-state index contributed by atoms with van der Waals surface area (Å²) in [5, 5.41) is 0. The molecule has 0 unspecified atom stereocenters. The predicted molar refractivity (Wildman–Crippen MR) is 88.1 cm³/mol. The third-order valence-corrected chi connectivity index (χ3v) is 4.01. The van der Waals surface area contributed by atoms with Gasteiger partial charge in [0.1, 0.15) is 0 Å². The van der Waals surface area contributed by atoms with Crippen molar-refractivity contribution in [3.05, 3.63) is 35.9 Å². The van der Waals surface area contributed by atoms with Gasteiger partial charge in [-0.15, -0.1) is 0 Å². The van der Waals surface area contributed by atoms with Crippen LogP contribution in [0.2, 0.25) is 0 Å². The lowest BCUT2D eigenvalue weighted by Gasteiger charge is -2.20. The van der Waals surface area contributed by atoms with Crippen LogP contribution < -0.4 is 4.90 Å². The third kappa shape index (κ3) is 4.07. The van der Waals surface area contributed by atoms with Crippen LogP contribution in [0, 0.1) is 5.82 Å². The molecule has 0 bridgehead atoms. The van der Waals surface area contributed by atoms with Crippen LogP contribution >= 0.6 is 0 Å². The van der Waals surface area contributed by atoms with Crippen molar-refractivity contribution in [2.75, 3.05) is 38.7 Å². The van der Waals surface area contributed by atoms with Crippen LogP contribution in [0.25, 0.3) is 0 Å². The molecule has 1 aliphatic heterocycles. The smallest absolute Gasteiger partial charge is 0.225 e. The molecule has 0 amide bonds. The van der Waals surface area contributed by atoms with E-state index in [-0.39, 0.29) is 0 Å². The fraction of sp³-hybridized carbons (Fsp3) is 0.562. The number of ether oxygens (including phenoxy) is 1. The van der Waals surface area contributed by atoms with Crippen molar-refractivity contribution < 1.29 is 9.13 Å². The summed E-state index contributed by atoms with van der Waals surface area (Å²) >= 11 is 0. The minimum Gasteiger partial charge on any atom is -0.374 e. The Balaban J connectivity index is 1.69. The molecule has 0 fully saturated rings. The first-order valence-corrected chi connectivity index (χ1v) is 8.11. The Morgan fingerprint density at radius 1 is 1.21 bits per heavy atom. The highest BCUT2D eigenvalue weighted by Gasteiger charge is 2.20. The number of rotatable bonds is 6. The minimum absolute atomic E-state index is 0.423. The van der Waals surface area contributed by atoms with Crippen molar-refractivity contribution in [2.45, 2.75) is 26.1 Å². The molecular formula is C16H23FN6O. The summed E-state index contributed by atoms with van der Waals surface area (Å²) < 4.78 is 20.9. The topological polar surface area (TPSA) is 59.3 Å². The average Bonchev–Trinajstić information content (AvgIpc) is 2.80. The van der Waals surface area contributed by atoms with E-state index >= 15 is 0 Å². The van der Waals surface area contributed by atoms with Crippen LogP contribution in [0.4, 0.5) is 10.3 Å². The highest BCUT2D eigenvalue weighted by molar-refractivity contribution is 5.32. The van der Waals surface area contributed by atoms with Gasteiger partial charge in [0, 0.05) is 19.6 Å². The van der Waals surface area contributed by atoms with Gasteiger partial charge in [0.15, 0.2) is 5.82 Å². The zero-order valence-electron chi connectivity index (χ0n) is 14.2. The van der Waals surface area contributed by atoms with Gasteiger partial charge in [-0.1, -0.05) is 0 Å². The van der Waals surface area contributed by atoms with E-state index < -0.39 is 5.82 Å². The molecule has 24 heavy (non-hydrogen) atoms. The number of hydrogen-bond acceptors (Lipinski definition) is 6. The zero-order chi connectivity index (χ0) is 16.9. The van der Waals surface area contributed by atoms with Gasteiger partial charge < -0.3 is 19.1 Å². The van der Waals surface area contributed by atoms with E-state index in [1.807, 2.05) is 20.4 Å². The molecule has 0 saturated carbocycles. The molecule has 0 spiro atoms. The Bertz CT molecular complexity index is 657. The standard InChI is InChI=1S/C16H23FN6O/c1-21(2)6-7-24-11-14-15-10-22(4-3-5-23(15)12-20-14)16-18-8-13(17)9-19-16/h8-9,12H,3-7,10-11H2,1-2H3. The van der Waals surface area contributed by atoms with Crippen LogP contribution in [0.1, 0.15) is 17.8 Å². The summed E-state index contributed by atoms with van der Waals surface area (Å²) in [7, 11) is 4.04. The molecule has 8 heteroatoms. The summed E-state index contributed by atoms with van der Waals surface area (Å²) in [4.78, 5) is 16.8. The number of aromatic nitrogens is 4. The average molecular weight is 334 g/mol. The molecule has 3 rings (SSSR count). The number of hydrogen-bond donors (Lipinski definition) is 0. The van der Waals surface area contributed by atoms with Gasteiger partial charge in [-0.2, -0.15) is 0 Å². The van der Waals surface area contributed by atoms with Crippen molar-refractivity contribution in [2.24, 2.45) is 0 Å². The second kappa shape index (κ2) is 7.67. The van der Waals surface area contributed by atoms with Gasteiger partial charge >= 0.3 is 0 Å². The zero-order valence-corrected chi connectivity index (χ0v) is 14.2. The molecule has 0 aromatic carbocycles. The molecule has 1 aliphatic rings. The molecule has 0 saturated heterocycles. The Labute approximate surface area is 141 Å². The molecule has 0 N–H and O–H groups in total. The summed E-state index contributed by atoms with van der Waals surface area (Å²) in [6.45, 7) is 4.42. The second-order valence-corrected chi connectivity index (χ2v) is 6.16. The molecule has 0 aliphatic carbocycles. The molecule has 0 atom stereocenters. The first kappa shape index (κ1) is 16.8. The maximum Gasteiger partial charge on any atom is 0.225 e. The molecular weight excluding hydrogens is 311 g/mol. The van der Waals surface area contributed by atoms with Crippen LogP contribution in [-0.4, -0.2) is 58.2 Å². The normalized spacial score (nSPS) is 14.8. The predicted octanol–water partition coefficient (Wildman–Crippen LogP) is 1.30. The number of likely N-dealkylation sites (N-methyl/N-ethyl adjacent to an activating group) is 1. The number of nitrogens with zero attached hydrogens (tertiary/aromatic N) is 6. The molecule has 2 aromatic heterocycles. The van der Waals surface area contributed by atoms with Crippen molar-refractivity contribution in [1.82, 2.24) is 24.4 Å². The van der Waals surface area contributed by atoms with Crippen molar-refractivity contribution in [3.8, 4) is 0 Å². The molecule has 3 heterocycles. The first-order chi connectivity index (χ1) is 11.6. The van der Waals surface area contributed by atoms with Crippen LogP contribution in [-0.2, 0) is 24.4 Å². The van der Waals surface area contributed by atoms with Gasteiger partial charge in [-0.05, 0) is 20.5 Å². The molecule has 130 valence electrons. The van der Waals surface area contributed by atoms with Crippen LogP contribution in [0.3, 0.4) is 0 Å². The SMILES string of the molecule is CN(C)CCOCc1ncn2c1CN(c1ncc(F)cn1)CCC2. The minimum atomic E-state index is -0.423. The van der Waals surface area contributed by atoms with Crippen molar-refractivity contribution in [1.29, 1.82) is 0 Å². The summed E-state index contributed by atoms with van der Waals surface area (Å²) in [5.74, 6) is 0.124. The van der Waals surface area contributed by atoms with E-state index in [2.05, 4.69) is 29.3 Å². The Morgan fingerprint density at radius 2 is 2.00 bits per heavy atom. The fourth-order valence-corrected chi connectivity index (χ4v) is 2.69. The molecule has 2 aromatic rings. The quantitative estimate of drug-likeness (QED) is 0.742. The van der Waals surface area contributed by atoms with E-state index in [0.717, 1.165) is 37.4 Å². The summed E-state index contributed by atoms with van der Waals surface area (Å²) in [5.41, 5.74) is 2.06.